The Balaban J connectivity index is 1.36. The van der Waals surface area contributed by atoms with Crippen LogP contribution in [-0.2, 0) is 0 Å². The summed E-state index contributed by atoms with van der Waals surface area (Å²) in [6, 6.07) is 4.09. The molecule has 6 nitrogen and oxygen atoms in total. The van der Waals surface area contributed by atoms with Crippen LogP contribution in [0.25, 0.3) is 11.2 Å². The van der Waals surface area contributed by atoms with Crippen LogP contribution in [0, 0.1) is 5.92 Å². The molecule has 122 valence electrons. The van der Waals surface area contributed by atoms with E-state index in [1.165, 1.54) is 32.5 Å². The van der Waals surface area contributed by atoms with Gasteiger partial charge < -0.3 is 10.2 Å². The maximum Gasteiger partial charge on any atom is 0.180 e. The van der Waals surface area contributed by atoms with E-state index < -0.39 is 0 Å². The lowest BCUT2D eigenvalue weighted by molar-refractivity contribution is 0.196. The number of fused-ring (bicyclic) bond motifs is 1. The van der Waals surface area contributed by atoms with Crippen molar-refractivity contribution in [3.63, 3.8) is 0 Å². The maximum absolute atomic E-state index is 4.67. The molecule has 0 radical (unpaired) electrons. The maximum atomic E-state index is 4.67. The van der Waals surface area contributed by atoms with Crippen LogP contribution in [0.1, 0.15) is 12.8 Å². The Morgan fingerprint density at radius 2 is 1.78 bits per heavy atom. The van der Waals surface area contributed by atoms with Crippen molar-refractivity contribution in [3.8, 4) is 0 Å². The van der Waals surface area contributed by atoms with Gasteiger partial charge in [0.25, 0.3) is 0 Å². The normalized spacial score (nSPS) is 21.0. The van der Waals surface area contributed by atoms with Crippen molar-refractivity contribution in [2.75, 3.05) is 50.7 Å². The number of piperazine rings is 1. The SMILES string of the molecule is c1cnc2nc(N3CCN(CC4CCNCC4)CC3)ccc2n1. The zero-order valence-electron chi connectivity index (χ0n) is 13.5. The molecule has 2 aliphatic heterocycles. The molecule has 4 rings (SSSR count). The van der Waals surface area contributed by atoms with Gasteiger partial charge in [-0.1, -0.05) is 0 Å². The van der Waals surface area contributed by atoms with Crippen LogP contribution < -0.4 is 10.2 Å². The number of rotatable bonds is 3. The molecule has 2 aliphatic rings. The summed E-state index contributed by atoms with van der Waals surface area (Å²) >= 11 is 0. The van der Waals surface area contributed by atoms with Gasteiger partial charge in [-0.05, 0) is 44.0 Å². The molecule has 4 heterocycles. The number of piperidine rings is 1. The predicted octanol–water partition coefficient (Wildman–Crippen LogP) is 1.15. The quantitative estimate of drug-likeness (QED) is 0.917. The highest BCUT2D eigenvalue weighted by atomic mass is 15.3. The Labute approximate surface area is 136 Å². The third-order valence-corrected chi connectivity index (χ3v) is 4.99. The Kier molecular flexibility index (Phi) is 4.35. The van der Waals surface area contributed by atoms with Gasteiger partial charge in [-0.3, -0.25) is 9.88 Å². The topological polar surface area (TPSA) is 57.2 Å². The van der Waals surface area contributed by atoms with E-state index in [0.717, 1.165) is 49.1 Å². The number of aromatic nitrogens is 3. The molecule has 2 aromatic rings. The van der Waals surface area contributed by atoms with E-state index in [1.54, 1.807) is 12.4 Å². The number of nitrogens with zero attached hydrogens (tertiary/aromatic N) is 5. The van der Waals surface area contributed by atoms with Crippen molar-refractivity contribution in [2.24, 2.45) is 5.92 Å². The monoisotopic (exact) mass is 312 g/mol. The molecule has 1 N–H and O–H groups in total. The lowest BCUT2D eigenvalue weighted by Gasteiger charge is -2.37. The first-order valence-electron chi connectivity index (χ1n) is 8.64. The summed E-state index contributed by atoms with van der Waals surface area (Å²) in [6.45, 7) is 7.98. The second kappa shape index (κ2) is 6.76. The highest BCUT2D eigenvalue weighted by Crippen LogP contribution is 2.19. The minimum absolute atomic E-state index is 0.738. The minimum Gasteiger partial charge on any atom is -0.354 e. The molecule has 0 atom stereocenters. The first-order chi connectivity index (χ1) is 11.4. The summed E-state index contributed by atoms with van der Waals surface area (Å²) in [7, 11) is 0. The largest absolute Gasteiger partial charge is 0.354 e. The van der Waals surface area contributed by atoms with Crippen LogP contribution in [-0.4, -0.2) is 65.7 Å². The number of anilines is 1. The predicted molar refractivity (Wildman–Crippen MR) is 91.6 cm³/mol. The van der Waals surface area contributed by atoms with Crippen LogP contribution >= 0.6 is 0 Å². The average Bonchev–Trinajstić information content (AvgIpc) is 2.63. The molecule has 0 amide bonds. The standard InChI is InChI=1S/C17H24N6/c1-2-16(21-17-15(1)19-7-8-20-17)23-11-9-22(10-12-23)13-14-3-5-18-6-4-14/h1-2,7-8,14,18H,3-6,9-13H2. The molecule has 6 heteroatoms. The van der Waals surface area contributed by atoms with Crippen molar-refractivity contribution in [2.45, 2.75) is 12.8 Å². The summed E-state index contributed by atoms with van der Waals surface area (Å²) in [5, 5.41) is 3.45. The summed E-state index contributed by atoms with van der Waals surface area (Å²) in [5.74, 6) is 1.90. The summed E-state index contributed by atoms with van der Waals surface area (Å²) in [4.78, 5) is 18.3. The van der Waals surface area contributed by atoms with Crippen molar-refractivity contribution in [3.05, 3.63) is 24.5 Å². The van der Waals surface area contributed by atoms with E-state index in [1.807, 2.05) is 6.07 Å². The lowest BCUT2D eigenvalue weighted by Crippen LogP contribution is -2.48. The van der Waals surface area contributed by atoms with Gasteiger partial charge >= 0.3 is 0 Å². The van der Waals surface area contributed by atoms with Crippen LogP contribution in [0.4, 0.5) is 5.82 Å². The Hall–Kier alpha value is -1.79. The van der Waals surface area contributed by atoms with Gasteiger partial charge in [0, 0.05) is 45.1 Å². The lowest BCUT2D eigenvalue weighted by atomic mass is 9.97. The molecule has 0 unspecified atom stereocenters. The van der Waals surface area contributed by atoms with Gasteiger partial charge in [0.2, 0.25) is 0 Å². The number of hydrogen-bond acceptors (Lipinski definition) is 6. The highest BCUT2D eigenvalue weighted by Gasteiger charge is 2.22. The zero-order chi connectivity index (χ0) is 15.5. The summed E-state index contributed by atoms with van der Waals surface area (Å²) in [5.41, 5.74) is 1.60. The molecule has 2 fully saturated rings. The highest BCUT2D eigenvalue weighted by molar-refractivity contribution is 5.71. The number of hydrogen-bond donors (Lipinski definition) is 1. The van der Waals surface area contributed by atoms with Gasteiger partial charge in [0.15, 0.2) is 5.65 Å². The van der Waals surface area contributed by atoms with Gasteiger partial charge in [-0.15, -0.1) is 0 Å². The van der Waals surface area contributed by atoms with Crippen LogP contribution in [0.3, 0.4) is 0 Å². The van der Waals surface area contributed by atoms with E-state index in [2.05, 4.69) is 36.1 Å². The van der Waals surface area contributed by atoms with Gasteiger partial charge in [-0.2, -0.15) is 0 Å². The third kappa shape index (κ3) is 3.43. The first kappa shape index (κ1) is 14.8. The third-order valence-electron chi connectivity index (χ3n) is 4.99. The Morgan fingerprint density at radius 1 is 1.00 bits per heavy atom. The van der Waals surface area contributed by atoms with Gasteiger partial charge in [0.05, 0.1) is 0 Å². The number of pyridine rings is 1. The minimum atomic E-state index is 0.738. The van der Waals surface area contributed by atoms with Crippen LogP contribution in [0.5, 0.6) is 0 Å². The molecular formula is C17H24N6. The second-order valence-corrected chi connectivity index (χ2v) is 6.55. The van der Waals surface area contributed by atoms with Crippen LogP contribution in [0.15, 0.2) is 24.5 Å². The summed E-state index contributed by atoms with van der Waals surface area (Å²) in [6.07, 6.45) is 6.07. The fraction of sp³-hybridized carbons (Fsp3) is 0.588. The fourth-order valence-corrected chi connectivity index (χ4v) is 3.61. The number of nitrogens with one attached hydrogen (secondary N) is 1. The van der Waals surface area contributed by atoms with Crippen molar-refractivity contribution >= 4 is 17.0 Å². The average molecular weight is 312 g/mol. The molecule has 23 heavy (non-hydrogen) atoms. The van der Waals surface area contributed by atoms with Gasteiger partial charge in [0.1, 0.15) is 11.3 Å². The van der Waals surface area contributed by atoms with Crippen molar-refractivity contribution in [1.82, 2.24) is 25.2 Å². The molecule has 2 aromatic heterocycles. The zero-order valence-corrected chi connectivity index (χ0v) is 13.5. The van der Waals surface area contributed by atoms with E-state index >= 15 is 0 Å². The molecule has 0 aromatic carbocycles. The Morgan fingerprint density at radius 3 is 2.61 bits per heavy atom. The van der Waals surface area contributed by atoms with Gasteiger partial charge in [-0.25, -0.2) is 9.97 Å². The van der Waals surface area contributed by atoms with E-state index in [4.69, 9.17) is 0 Å². The molecule has 0 bridgehead atoms. The molecular weight excluding hydrogens is 288 g/mol. The van der Waals surface area contributed by atoms with Crippen molar-refractivity contribution < 1.29 is 0 Å². The molecule has 0 aliphatic carbocycles. The Bertz CT molecular complexity index is 646. The molecule has 2 saturated heterocycles. The van der Waals surface area contributed by atoms with E-state index in [0.29, 0.717) is 0 Å². The van der Waals surface area contributed by atoms with Crippen molar-refractivity contribution in [1.29, 1.82) is 0 Å². The van der Waals surface area contributed by atoms with Crippen LogP contribution in [0.2, 0.25) is 0 Å². The van der Waals surface area contributed by atoms with E-state index in [-0.39, 0.29) is 0 Å². The second-order valence-electron chi connectivity index (χ2n) is 6.55. The first-order valence-corrected chi connectivity index (χ1v) is 8.64. The summed E-state index contributed by atoms with van der Waals surface area (Å²) < 4.78 is 0. The molecule has 0 spiro atoms. The van der Waals surface area contributed by atoms with E-state index in [9.17, 15) is 0 Å². The molecule has 0 saturated carbocycles. The fourth-order valence-electron chi connectivity index (χ4n) is 3.61. The smallest absolute Gasteiger partial charge is 0.180 e.